The lowest BCUT2D eigenvalue weighted by atomic mass is 10.1. The molecule has 1 atom stereocenters. The van der Waals surface area contributed by atoms with Crippen molar-refractivity contribution < 1.29 is 4.79 Å². The lowest BCUT2D eigenvalue weighted by Crippen LogP contribution is -2.38. The minimum atomic E-state index is 0.113. The van der Waals surface area contributed by atoms with Gasteiger partial charge in [0.05, 0.1) is 25.3 Å². The largest absolute Gasteiger partial charge is 0.334 e. The number of benzene rings is 1. The summed E-state index contributed by atoms with van der Waals surface area (Å²) in [5.74, 6) is 0.113. The summed E-state index contributed by atoms with van der Waals surface area (Å²) in [5.41, 5.74) is 3.03. The molecule has 1 amide bonds. The topological polar surface area (TPSA) is 56.0 Å². The molecule has 1 fully saturated rings. The van der Waals surface area contributed by atoms with Gasteiger partial charge in [0, 0.05) is 30.7 Å². The van der Waals surface area contributed by atoms with Crippen molar-refractivity contribution in [2.24, 2.45) is 0 Å². The molecule has 0 aliphatic carbocycles. The first-order valence-corrected chi connectivity index (χ1v) is 9.05. The van der Waals surface area contributed by atoms with Gasteiger partial charge in [-0.3, -0.25) is 14.2 Å². The van der Waals surface area contributed by atoms with Crippen molar-refractivity contribution in [3.8, 4) is 0 Å². The number of aryl methyl sites for hydroxylation is 1. The molecule has 4 rings (SSSR count). The number of carbonyl (C=O) groups excluding carboxylic acids is 1. The normalized spacial score (nSPS) is 17.0. The third kappa shape index (κ3) is 3.54. The van der Waals surface area contributed by atoms with Crippen molar-refractivity contribution in [1.82, 2.24) is 24.5 Å². The van der Waals surface area contributed by atoms with E-state index in [1.165, 1.54) is 0 Å². The molecule has 1 unspecified atom stereocenters. The molecule has 0 saturated carbocycles. The summed E-state index contributed by atoms with van der Waals surface area (Å²) in [6, 6.07) is 9.99. The second-order valence-corrected chi connectivity index (χ2v) is 6.93. The molecule has 1 aliphatic rings. The molecular formula is C20H23N5O. The van der Waals surface area contributed by atoms with E-state index in [0.29, 0.717) is 6.54 Å². The third-order valence-corrected chi connectivity index (χ3v) is 4.90. The molecule has 6 nitrogen and oxygen atoms in total. The van der Waals surface area contributed by atoms with Crippen LogP contribution in [0.1, 0.15) is 34.3 Å². The van der Waals surface area contributed by atoms with Crippen molar-refractivity contribution in [2.75, 3.05) is 6.54 Å². The van der Waals surface area contributed by atoms with Crippen LogP contribution in [0.15, 0.2) is 55.1 Å². The number of likely N-dealkylation sites (tertiary alicyclic amines) is 1. The standard InChI is InChI=1S/C20H23N5O/c1-16-12-22-24(13-16)15-19-4-2-11-25(19)20(26)18-7-5-17(6-8-18)14-23-10-3-9-21-23/h3,5-10,12-13,19H,2,4,11,14-15H2,1H3. The molecule has 134 valence electrons. The molecule has 0 spiro atoms. The smallest absolute Gasteiger partial charge is 0.254 e. The van der Waals surface area contributed by atoms with E-state index in [1.54, 1.807) is 6.20 Å². The van der Waals surface area contributed by atoms with Crippen LogP contribution in [0.3, 0.4) is 0 Å². The third-order valence-electron chi connectivity index (χ3n) is 4.90. The second kappa shape index (κ2) is 7.15. The number of carbonyl (C=O) groups is 1. The fraction of sp³-hybridized carbons (Fsp3) is 0.350. The van der Waals surface area contributed by atoms with Gasteiger partial charge in [0.2, 0.25) is 0 Å². The Morgan fingerprint density at radius 2 is 2.04 bits per heavy atom. The number of hydrogen-bond acceptors (Lipinski definition) is 3. The van der Waals surface area contributed by atoms with Crippen molar-refractivity contribution in [3.05, 3.63) is 71.8 Å². The Bertz CT molecular complexity index is 866. The minimum absolute atomic E-state index is 0.113. The van der Waals surface area contributed by atoms with Crippen LogP contribution in [-0.2, 0) is 13.1 Å². The first-order valence-electron chi connectivity index (χ1n) is 9.05. The highest BCUT2D eigenvalue weighted by molar-refractivity contribution is 5.94. The fourth-order valence-corrected chi connectivity index (χ4v) is 3.58. The molecule has 0 N–H and O–H groups in total. The van der Waals surface area contributed by atoms with Gasteiger partial charge in [-0.1, -0.05) is 12.1 Å². The quantitative estimate of drug-likeness (QED) is 0.712. The molecular weight excluding hydrogens is 326 g/mol. The molecule has 26 heavy (non-hydrogen) atoms. The van der Waals surface area contributed by atoms with E-state index in [-0.39, 0.29) is 11.9 Å². The van der Waals surface area contributed by atoms with Crippen LogP contribution >= 0.6 is 0 Å². The summed E-state index contributed by atoms with van der Waals surface area (Å²) in [6.07, 6.45) is 9.68. The van der Waals surface area contributed by atoms with Crippen molar-refractivity contribution >= 4 is 5.91 Å². The molecule has 2 aromatic heterocycles. The zero-order chi connectivity index (χ0) is 17.9. The summed E-state index contributed by atoms with van der Waals surface area (Å²) < 4.78 is 3.82. The maximum Gasteiger partial charge on any atom is 0.254 e. The first kappa shape index (κ1) is 16.6. The number of nitrogens with zero attached hydrogens (tertiary/aromatic N) is 5. The molecule has 0 bridgehead atoms. The summed E-state index contributed by atoms with van der Waals surface area (Å²) in [4.78, 5) is 15.0. The van der Waals surface area contributed by atoms with Crippen LogP contribution in [0, 0.1) is 6.92 Å². The molecule has 1 aromatic carbocycles. The van der Waals surface area contributed by atoms with Gasteiger partial charge in [0.25, 0.3) is 5.91 Å². The number of aromatic nitrogens is 4. The molecule has 3 aromatic rings. The van der Waals surface area contributed by atoms with Gasteiger partial charge in [-0.05, 0) is 49.1 Å². The van der Waals surface area contributed by atoms with Crippen molar-refractivity contribution in [2.45, 2.75) is 38.9 Å². The average Bonchev–Trinajstić information content (AvgIpc) is 3.38. The van der Waals surface area contributed by atoms with E-state index in [1.807, 2.05) is 70.1 Å². The number of amides is 1. The highest BCUT2D eigenvalue weighted by atomic mass is 16.2. The van der Waals surface area contributed by atoms with Gasteiger partial charge in [0.1, 0.15) is 0 Å². The van der Waals surface area contributed by atoms with Gasteiger partial charge >= 0.3 is 0 Å². The SMILES string of the molecule is Cc1cnn(CC2CCCN2C(=O)c2ccc(Cn3cccn3)cc2)c1. The predicted molar refractivity (Wildman–Crippen MR) is 98.8 cm³/mol. The van der Waals surface area contributed by atoms with Crippen LogP contribution in [0.2, 0.25) is 0 Å². The minimum Gasteiger partial charge on any atom is -0.334 e. The van der Waals surface area contributed by atoms with E-state index in [4.69, 9.17) is 0 Å². The van der Waals surface area contributed by atoms with E-state index >= 15 is 0 Å². The van der Waals surface area contributed by atoms with Gasteiger partial charge in [-0.15, -0.1) is 0 Å². The highest BCUT2D eigenvalue weighted by Crippen LogP contribution is 2.22. The van der Waals surface area contributed by atoms with Crippen LogP contribution in [-0.4, -0.2) is 43.0 Å². The summed E-state index contributed by atoms with van der Waals surface area (Å²) in [5, 5.41) is 8.58. The van der Waals surface area contributed by atoms with Crippen molar-refractivity contribution in [1.29, 1.82) is 0 Å². The summed E-state index contributed by atoms with van der Waals surface area (Å²) in [7, 11) is 0. The Morgan fingerprint density at radius 3 is 2.73 bits per heavy atom. The van der Waals surface area contributed by atoms with Crippen LogP contribution < -0.4 is 0 Å². The molecule has 0 radical (unpaired) electrons. The van der Waals surface area contributed by atoms with E-state index in [9.17, 15) is 4.79 Å². The van der Waals surface area contributed by atoms with E-state index in [2.05, 4.69) is 10.2 Å². The summed E-state index contributed by atoms with van der Waals surface area (Å²) >= 11 is 0. The monoisotopic (exact) mass is 349 g/mol. The maximum atomic E-state index is 13.0. The lowest BCUT2D eigenvalue weighted by molar-refractivity contribution is 0.0721. The van der Waals surface area contributed by atoms with Crippen LogP contribution in [0.5, 0.6) is 0 Å². The summed E-state index contributed by atoms with van der Waals surface area (Å²) in [6.45, 7) is 4.33. The number of hydrogen-bond donors (Lipinski definition) is 0. The first-order chi connectivity index (χ1) is 12.7. The average molecular weight is 349 g/mol. The highest BCUT2D eigenvalue weighted by Gasteiger charge is 2.29. The molecule has 3 heterocycles. The van der Waals surface area contributed by atoms with Gasteiger partial charge in [0.15, 0.2) is 0 Å². The molecule has 1 aliphatic heterocycles. The van der Waals surface area contributed by atoms with Gasteiger partial charge in [-0.25, -0.2) is 0 Å². The Labute approximate surface area is 153 Å². The fourth-order valence-electron chi connectivity index (χ4n) is 3.58. The van der Waals surface area contributed by atoms with Gasteiger partial charge < -0.3 is 4.90 Å². The Balaban J connectivity index is 1.44. The Kier molecular flexibility index (Phi) is 4.56. The Hall–Kier alpha value is -2.89. The van der Waals surface area contributed by atoms with Crippen molar-refractivity contribution in [3.63, 3.8) is 0 Å². The maximum absolute atomic E-state index is 13.0. The number of rotatable bonds is 5. The Morgan fingerprint density at radius 1 is 1.19 bits per heavy atom. The lowest BCUT2D eigenvalue weighted by Gasteiger charge is -2.25. The molecule has 6 heteroatoms. The van der Waals surface area contributed by atoms with Crippen LogP contribution in [0.25, 0.3) is 0 Å². The second-order valence-electron chi connectivity index (χ2n) is 6.93. The van der Waals surface area contributed by atoms with E-state index < -0.39 is 0 Å². The molecule has 1 saturated heterocycles. The van der Waals surface area contributed by atoms with Gasteiger partial charge in [-0.2, -0.15) is 10.2 Å². The van der Waals surface area contributed by atoms with Crippen LogP contribution in [0.4, 0.5) is 0 Å². The zero-order valence-corrected chi connectivity index (χ0v) is 15.0. The predicted octanol–water partition coefficient (Wildman–Crippen LogP) is 2.74. The van der Waals surface area contributed by atoms with E-state index in [0.717, 1.165) is 42.6 Å². The zero-order valence-electron chi connectivity index (χ0n) is 15.0.